The summed E-state index contributed by atoms with van der Waals surface area (Å²) in [7, 11) is 0. The van der Waals surface area contributed by atoms with Crippen LogP contribution in [0.5, 0.6) is 0 Å². The number of aromatic nitrogens is 4. The number of aliphatic hydroxyl groups is 1. The summed E-state index contributed by atoms with van der Waals surface area (Å²) in [5, 5.41) is 18.2. The smallest absolute Gasteiger partial charge is 0.275 e. The van der Waals surface area contributed by atoms with Gasteiger partial charge in [0.25, 0.3) is 5.91 Å². The molecule has 1 amide bonds. The first kappa shape index (κ1) is 15.8. The molecule has 1 atom stereocenters. The lowest BCUT2D eigenvalue weighted by Gasteiger charge is -2.20. The van der Waals surface area contributed by atoms with Gasteiger partial charge >= 0.3 is 0 Å². The molecule has 0 saturated carbocycles. The third kappa shape index (κ3) is 3.26. The summed E-state index contributed by atoms with van der Waals surface area (Å²) in [6.07, 6.45) is 2.82. The minimum atomic E-state index is -0.598. The summed E-state index contributed by atoms with van der Waals surface area (Å²) in [5.41, 5.74) is 2.23. The van der Waals surface area contributed by atoms with Gasteiger partial charge in [-0.25, -0.2) is 4.98 Å². The number of para-hydroxylation sites is 1. The highest BCUT2D eigenvalue weighted by molar-refractivity contribution is 6.04. The summed E-state index contributed by atoms with van der Waals surface area (Å²) in [5.74, 6) is -0.153. The van der Waals surface area contributed by atoms with E-state index in [9.17, 15) is 9.90 Å². The molecule has 1 aliphatic heterocycles. The molecule has 0 aliphatic carbocycles. The van der Waals surface area contributed by atoms with Crippen molar-refractivity contribution in [1.82, 2.24) is 30.0 Å². The first-order valence-electron chi connectivity index (χ1n) is 8.31. The standard InChI is InChI=1S/C17H20N6O2/c24-13-9-22(8-12-7-18-11-19-12)5-6-23(10-13)17(25)16-14-3-1-2-4-15(14)20-21-16/h1-4,7,11,13,24H,5-6,8-10H2,(H,18,19)(H,20,21)/t13-/m0/s1. The molecule has 0 bridgehead atoms. The summed E-state index contributed by atoms with van der Waals surface area (Å²) in [6, 6.07) is 7.56. The van der Waals surface area contributed by atoms with Gasteiger partial charge in [0.15, 0.2) is 5.69 Å². The highest BCUT2D eigenvalue weighted by Gasteiger charge is 2.27. The molecule has 1 aromatic carbocycles. The zero-order valence-electron chi connectivity index (χ0n) is 13.7. The van der Waals surface area contributed by atoms with Crippen LogP contribution in [0.15, 0.2) is 36.8 Å². The van der Waals surface area contributed by atoms with Gasteiger partial charge in [-0.1, -0.05) is 18.2 Å². The zero-order valence-corrected chi connectivity index (χ0v) is 13.7. The van der Waals surface area contributed by atoms with Crippen molar-refractivity contribution in [3.05, 3.63) is 48.2 Å². The number of hydrogen-bond donors (Lipinski definition) is 3. The fourth-order valence-electron chi connectivity index (χ4n) is 3.27. The fourth-order valence-corrected chi connectivity index (χ4v) is 3.27. The number of nitrogens with zero attached hydrogens (tertiary/aromatic N) is 4. The number of amides is 1. The number of β-amino-alcohol motifs (C(OH)–C–C–N with tert-alkyl or cyclic N) is 1. The molecule has 8 heteroatoms. The average Bonchev–Trinajstić information content (AvgIpc) is 3.23. The number of rotatable bonds is 3. The van der Waals surface area contributed by atoms with Crippen molar-refractivity contribution in [1.29, 1.82) is 0 Å². The maximum absolute atomic E-state index is 12.9. The van der Waals surface area contributed by atoms with E-state index in [-0.39, 0.29) is 5.91 Å². The van der Waals surface area contributed by atoms with Crippen molar-refractivity contribution in [2.24, 2.45) is 0 Å². The van der Waals surface area contributed by atoms with Crippen molar-refractivity contribution in [2.45, 2.75) is 12.6 Å². The second-order valence-electron chi connectivity index (χ2n) is 6.33. The Bertz CT molecular complexity index is 859. The van der Waals surface area contributed by atoms with E-state index < -0.39 is 6.10 Å². The fraction of sp³-hybridized carbons (Fsp3) is 0.353. The average molecular weight is 340 g/mol. The van der Waals surface area contributed by atoms with Gasteiger partial charge in [-0.3, -0.25) is 14.8 Å². The zero-order chi connectivity index (χ0) is 17.2. The van der Waals surface area contributed by atoms with Gasteiger partial charge in [0, 0.05) is 50.0 Å². The molecular formula is C17H20N6O2. The number of H-pyrrole nitrogens is 2. The number of carbonyl (C=O) groups is 1. The lowest BCUT2D eigenvalue weighted by molar-refractivity contribution is 0.0659. The van der Waals surface area contributed by atoms with Crippen LogP contribution in [0.2, 0.25) is 0 Å². The molecular weight excluding hydrogens is 320 g/mol. The Morgan fingerprint density at radius 3 is 3.00 bits per heavy atom. The van der Waals surface area contributed by atoms with Crippen molar-refractivity contribution >= 4 is 16.8 Å². The molecule has 3 aromatic rings. The summed E-state index contributed by atoms with van der Waals surface area (Å²) in [6.45, 7) is 2.73. The highest BCUT2D eigenvalue weighted by atomic mass is 16.3. The molecule has 3 N–H and O–H groups in total. The minimum absolute atomic E-state index is 0.153. The lowest BCUT2D eigenvalue weighted by Crippen LogP contribution is -2.38. The molecule has 25 heavy (non-hydrogen) atoms. The Morgan fingerprint density at radius 2 is 2.16 bits per heavy atom. The van der Waals surface area contributed by atoms with Gasteiger partial charge in [-0.15, -0.1) is 0 Å². The van der Waals surface area contributed by atoms with Crippen LogP contribution in [0.1, 0.15) is 16.2 Å². The van der Waals surface area contributed by atoms with Gasteiger partial charge in [-0.2, -0.15) is 5.10 Å². The SMILES string of the molecule is O=C(c1n[nH]c2ccccc12)N1CCN(Cc2cnc[nH]2)C[C@H](O)C1. The number of nitrogens with one attached hydrogen (secondary N) is 2. The molecule has 0 radical (unpaired) electrons. The summed E-state index contributed by atoms with van der Waals surface area (Å²) < 4.78 is 0. The predicted octanol–water partition coefficient (Wildman–Crippen LogP) is 0.605. The molecule has 1 aliphatic rings. The van der Waals surface area contributed by atoms with E-state index in [1.54, 1.807) is 17.4 Å². The molecule has 0 unspecified atom stereocenters. The van der Waals surface area contributed by atoms with Crippen molar-refractivity contribution < 1.29 is 9.90 Å². The highest BCUT2D eigenvalue weighted by Crippen LogP contribution is 2.18. The topological polar surface area (TPSA) is 101 Å². The normalized spacial score (nSPS) is 19.2. The van der Waals surface area contributed by atoms with Gasteiger partial charge in [-0.05, 0) is 6.07 Å². The van der Waals surface area contributed by atoms with E-state index in [0.717, 1.165) is 16.6 Å². The molecule has 130 valence electrons. The maximum Gasteiger partial charge on any atom is 0.275 e. The second kappa shape index (κ2) is 6.66. The van der Waals surface area contributed by atoms with E-state index >= 15 is 0 Å². The monoisotopic (exact) mass is 340 g/mol. The van der Waals surface area contributed by atoms with Gasteiger partial charge in [0.2, 0.25) is 0 Å². The van der Waals surface area contributed by atoms with E-state index in [2.05, 4.69) is 25.1 Å². The van der Waals surface area contributed by atoms with Crippen molar-refractivity contribution in [2.75, 3.05) is 26.2 Å². The van der Waals surface area contributed by atoms with Crippen LogP contribution in [0.3, 0.4) is 0 Å². The molecule has 1 saturated heterocycles. The van der Waals surface area contributed by atoms with Crippen molar-refractivity contribution in [3.63, 3.8) is 0 Å². The third-order valence-corrected chi connectivity index (χ3v) is 4.50. The molecule has 3 heterocycles. The Morgan fingerprint density at radius 1 is 1.28 bits per heavy atom. The van der Waals surface area contributed by atoms with Gasteiger partial charge in [0.1, 0.15) is 0 Å². The number of imidazole rings is 1. The second-order valence-corrected chi connectivity index (χ2v) is 6.33. The van der Waals surface area contributed by atoms with Gasteiger partial charge < -0.3 is 15.0 Å². The van der Waals surface area contributed by atoms with E-state index in [1.165, 1.54) is 0 Å². The molecule has 8 nitrogen and oxygen atoms in total. The number of hydrogen-bond acceptors (Lipinski definition) is 5. The first-order chi connectivity index (χ1) is 12.2. The maximum atomic E-state index is 12.9. The van der Waals surface area contributed by atoms with Crippen LogP contribution in [0.4, 0.5) is 0 Å². The lowest BCUT2D eigenvalue weighted by atomic mass is 10.2. The number of carbonyl (C=O) groups excluding carboxylic acids is 1. The molecule has 4 rings (SSSR count). The van der Waals surface area contributed by atoms with E-state index in [4.69, 9.17) is 0 Å². The Balaban J connectivity index is 1.50. The molecule has 1 fully saturated rings. The third-order valence-electron chi connectivity index (χ3n) is 4.50. The summed E-state index contributed by atoms with van der Waals surface area (Å²) >= 11 is 0. The quantitative estimate of drug-likeness (QED) is 0.648. The number of aliphatic hydroxyl groups excluding tert-OH is 1. The van der Waals surface area contributed by atoms with Crippen LogP contribution >= 0.6 is 0 Å². The number of fused-ring (bicyclic) bond motifs is 1. The Labute approximate surface area is 144 Å². The van der Waals surface area contributed by atoms with Crippen LogP contribution in [-0.4, -0.2) is 73.3 Å². The van der Waals surface area contributed by atoms with Crippen LogP contribution < -0.4 is 0 Å². The number of benzene rings is 1. The molecule has 0 spiro atoms. The van der Waals surface area contributed by atoms with Crippen LogP contribution in [0, 0.1) is 0 Å². The summed E-state index contributed by atoms with van der Waals surface area (Å²) in [4.78, 5) is 23.8. The van der Waals surface area contributed by atoms with Crippen molar-refractivity contribution in [3.8, 4) is 0 Å². The Hall–Kier alpha value is -2.71. The Kier molecular flexibility index (Phi) is 4.21. The van der Waals surface area contributed by atoms with Gasteiger partial charge in [0.05, 0.1) is 17.9 Å². The largest absolute Gasteiger partial charge is 0.390 e. The van der Waals surface area contributed by atoms with E-state index in [0.29, 0.717) is 38.4 Å². The number of aromatic amines is 2. The van der Waals surface area contributed by atoms with E-state index in [1.807, 2.05) is 24.3 Å². The minimum Gasteiger partial charge on any atom is -0.390 e. The molecule has 2 aromatic heterocycles. The van der Waals surface area contributed by atoms with Crippen LogP contribution in [-0.2, 0) is 6.54 Å². The first-order valence-corrected chi connectivity index (χ1v) is 8.31. The predicted molar refractivity (Wildman–Crippen MR) is 91.9 cm³/mol. The van der Waals surface area contributed by atoms with Crippen LogP contribution in [0.25, 0.3) is 10.9 Å².